The monoisotopic (exact) mass is 656 g/mol. The van der Waals surface area contributed by atoms with Crippen LogP contribution in [0.4, 0.5) is 14.9 Å². The van der Waals surface area contributed by atoms with Crippen molar-refractivity contribution < 1.29 is 13.9 Å². The van der Waals surface area contributed by atoms with Crippen LogP contribution in [0.3, 0.4) is 0 Å². The molecule has 2 saturated heterocycles. The van der Waals surface area contributed by atoms with Gasteiger partial charge in [0, 0.05) is 88.4 Å². The number of pyridine rings is 1. The molecule has 10 nitrogen and oxygen atoms in total. The second kappa shape index (κ2) is 15.9. The summed E-state index contributed by atoms with van der Waals surface area (Å²) in [5.74, 6) is -0.275. The Morgan fingerprint density at radius 1 is 0.938 bits per heavy atom. The van der Waals surface area contributed by atoms with Crippen molar-refractivity contribution in [2.75, 3.05) is 51.3 Å². The van der Waals surface area contributed by atoms with E-state index in [0.29, 0.717) is 12.1 Å². The van der Waals surface area contributed by atoms with Gasteiger partial charge < -0.3 is 25.6 Å². The molecule has 11 heteroatoms. The van der Waals surface area contributed by atoms with Crippen LogP contribution in [-0.4, -0.2) is 82.6 Å². The fourth-order valence-corrected chi connectivity index (χ4v) is 6.78. The van der Waals surface area contributed by atoms with Crippen molar-refractivity contribution in [2.45, 2.75) is 72.3 Å². The van der Waals surface area contributed by atoms with E-state index in [-0.39, 0.29) is 24.4 Å². The van der Waals surface area contributed by atoms with Gasteiger partial charge in [0.15, 0.2) is 5.65 Å². The number of carbonyl (C=O) groups excluding carboxylic acids is 1. The number of likely N-dealkylation sites (N-methyl/N-ethyl adjacent to an activating group) is 1. The van der Waals surface area contributed by atoms with Gasteiger partial charge in [-0.15, -0.1) is 0 Å². The predicted octanol–water partition coefficient (Wildman–Crippen LogP) is 5.55. The fourth-order valence-electron chi connectivity index (χ4n) is 6.78. The summed E-state index contributed by atoms with van der Waals surface area (Å²) in [7, 11) is 0. The van der Waals surface area contributed by atoms with Gasteiger partial charge in [0.2, 0.25) is 0 Å². The molecule has 0 aliphatic carbocycles. The highest BCUT2D eigenvalue weighted by Crippen LogP contribution is 2.31. The minimum Gasteiger partial charge on any atom is -0.381 e. The Morgan fingerprint density at radius 3 is 2.46 bits per heavy atom. The van der Waals surface area contributed by atoms with Gasteiger partial charge >= 0.3 is 6.03 Å². The molecule has 2 aliphatic rings. The molecule has 256 valence electrons. The summed E-state index contributed by atoms with van der Waals surface area (Å²) in [6, 6.07) is 13.2. The SMILES string of the molecule is CCc1nc2c(cnn2CC)c(NC2CCOCC2)c1CNC(=O)NCc1ccc(F)c(-c2cccc(CN3CCN(CC)CC3)c2)c1. The van der Waals surface area contributed by atoms with Crippen molar-refractivity contribution in [1.82, 2.24) is 35.2 Å². The molecule has 3 N–H and O–H groups in total. The summed E-state index contributed by atoms with van der Waals surface area (Å²) in [4.78, 5) is 23.0. The largest absolute Gasteiger partial charge is 0.381 e. The number of halogens is 1. The van der Waals surface area contributed by atoms with Crippen LogP contribution in [0.1, 0.15) is 56.0 Å². The molecule has 4 aromatic rings. The minimum absolute atomic E-state index is 0.273. The Kier molecular flexibility index (Phi) is 11.2. The number of carbonyl (C=O) groups is 1. The number of fused-ring (bicyclic) bond motifs is 1. The number of hydrogen-bond acceptors (Lipinski definition) is 7. The molecule has 0 saturated carbocycles. The Morgan fingerprint density at radius 2 is 1.71 bits per heavy atom. The van der Waals surface area contributed by atoms with Crippen molar-refractivity contribution in [3.63, 3.8) is 0 Å². The lowest BCUT2D eigenvalue weighted by Crippen LogP contribution is -2.45. The molecule has 48 heavy (non-hydrogen) atoms. The highest BCUT2D eigenvalue weighted by molar-refractivity contribution is 5.92. The number of nitrogens with one attached hydrogen (secondary N) is 3. The van der Waals surface area contributed by atoms with Crippen LogP contribution in [0.2, 0.25) is 0 Å². The van der Waals surface area contributed by atoms with E-state index in [4.69, 9.17) is 9.72 Å². The number of aryl methyl sites for hydroxylation is 2. The number of benzene rings is 2. The number of urea groups is 1. The Hall–Kier alpha value is -4.06. The first kappa shape index (κ1) is 33.8. The first-order valence-electron chi connectivity index (χ1n) is 17.5. The van der Waals surface area contributed by atoms with Gasteiger partial charge in [0.1, 0.15) is 5.82 Å². The average Bonchev–Trinajstić information content (AvgIpc) is 3.54. The van der Waals surface area contributed by atoms with Gasteiger partial charge in [-0.25, -0.2) is 18.9 Å². The zero-order chi connectivity index (χ0) is 33.5. The number of hydrogen-bond donors (Lipinski definition) is 3. The van der Waals surface area contributed by atoms with Crippen molar-refractivity contribution >= 4 is 22.8 Å². The predicted molar refractivity (Wildman–Crippen MR) is 188 cm³/mol. The lowest BCUT2D eigenvalue weighted by molar-refractivity contribution is 0.0904. The standard InChI is InChI=1S/C37H49FN8O2/c1-4-34-31(35(42-29-12-18-48-19-13-29)32-24-41-46(6-3)36(32)43-34)23-40-37(47)39-22-26-10-11-33(38)30(21-26)28-9-7-8-27(20-28)25-45-16-14-44(5-2)15-17-45/h7-11,20-21,24,29H,4-6,12-19,22-23,25H2,1-3H3,(H,42,43)(H2,39,40,47). The molecule has 4 heterocycles. The molecule has 2 aromatic heterocycles. The summed E-state index contributed by atoms with van der Waals surface area (Å²) >= 11 is 0. The van der Waals surface area contributed by atoms with Crippen LogP contribution < -0.4 is 16.0 Å². The molecular weight excluding hydrogens is 607 g/mol. The van der Waals surface area contributed by atoms with Crippen LogP contribution in [0.25, 0.3) is 22.2 Å². The van der Waals surface area contributed by atoms with Gasteiger partial charge in [-0.3, -0.25) is 4.90 Å². The summed E-state index contributed by atoms with van der Waals surface area (Å²) in [5, 5.41) is 15.3. The van der Waals surface area contributed by atoms with E-state index in [1.165, 1.54) is 11.6 Å². The maximum absolute atomic E-state index is 15.1. The molecule has 0 spiro atoms. The second-order valence-corrected chi connectivity index (χ2v) is 12.8. The number of anilines is 1. The lowest BCUT2D eigenvalue weighted by Gasteiger charge is -2.34. The number of piperazine rings is 1. The molecule has 0 atom stereocenters. The minimum atomic E-state index is -0.297. The molecule has 0 radical (unpaired) electrons. The van der Waals surface area contributed by atoms with Crippen molar-refractivity contribution in [3.05, 3.63) is 76.9 Å². The fraction of sp³-hybridized carbons (Fsp3) is 0.486. The molecule has 6 rings (SSSR count). The smallest absolute Gasteiger partial charge is 0.315 e. The van der Waals surface area contributed by atoms with E-state index in [1.807, 2.05) is 29.1 Å². The Bertz CT molecular complexity index is 1690. The first-order valence-corrected chi connectivity index (χ1v) is 17.5. The average molecular weight is 657 g/mol. The van der Waals surface area contributed by atoms with Gasteiger partial charge in [-0.2, -0.15) is 5.10 Å². The molecular formula is C37H49FN8O2. The van der Waals surface area contributed by atoms with E-state index >= 15 is 4.39 Å². The first-order chi connectivity index (χ1) is 23.4. The van der Waals surface area contributed by atoms with Crippen LogP contribution in [0.15, 0.2) is 48.7 Å². The van der Waals surface area contributed by atoms with E-state index in [0.717, 1.165) is 117 Å². The van der Waals surface area contributed by atoms with Gasteiger partial charge in [0.05, 0.1) is 17.3 Å². The number of nitrogens with zero attached hydrogens (tertiary/aromatic N) is 5. The van der Waals surface area contributed by atoms with E-state index in [9.17, 15) is 4.79 Å². The molecule has 2 aromatic carbocycles. The summed E-state index contributed by atoms with van der Waals surface area (Å²) < 4.78 is 22.6. The molecule has 2 amide bonds. The van der Waals surface area contributed by atoms with Gasteiger partial charge in [-0.1, -0.05) is 38.1 Å². The van der Waals surface area contributed by atoms with Gasteiger partial charge in [-0.05, 0) is 67.6 Å². The van der Waals surface area contributed by atoms with E-state index in [1.54, 1.807) is 6.07 Å². The second-order valence-electron chi connectivity index (χ2n) is 12.8. The quantitative estimate of drug-likeness (QED) is 0.184. The van der Waals surface area contributed by atoms with E-state index < -0.39 is 0 Å². The maximum atomic E-state index is 15.1. The normalized spacial score (nSPS) is 16.3. The Balaban J connectivity index is 1.12. The summed E-state index contributed by atoms with van der Waals surface area (Å²) in [6.07, 6.45) is 4.43. The van der Waals surface area contributed by atoms with Crippen LogP contribution in [0, 0.1) is 5.82 Å². The summed E-state index contributed by atoms with van der Waals surface area (Å²) in [6.45, 7) is 15.3. The molecule has 0 unspecified atom stereocenters. The van der Waals surface area contributed by atoms with Crippen LogP contribution >= 0.6 is 0 Å². The van der Waals surface area contributed by atoms with Crippen molar-refractivity contribution in [3.8, 4) is 11.1 Å². The highest BCUT2D eigenvalue weighted by Gasteiger charge is 2.22. The number of rotatable bonds is 12. The molecule has 0 bridgehead atoms. The third kappa shape index (κ3) is 7.97. The number of aromatic nitrogens is 3. The summed E-state index contributed by atoms with van der Waals surface area (Å²) in [5.41, 5.74) is 7.12. The van der Waals surface area contributed by atoms with Gasteiger partial charge in [0.25, 0.3) is 0 Å². The molecule has 2 aliphatic heterocycles. The van der Waals surface area contributed by atoms with Crippen LogP contribution in [-0.2, 0) is 37.3 Å². The number of amides is 2. The maximum Gasteiger partial charge on any atom is 0.315 e. The third-order valence-corrected chi connectivity index (χ3v) is 9.64. The third-order valence-electron chi connectivity index (χ3n) is 9.64. The van der Waals surface area contributed by atoms with Crippen LogP contribution in [0.5, 0.6) is 0 Å². The lowest BCUT2D eigenvalue weighted by atomic mass is 10.00. The van der Waals surface area contributed by atoms with Crippen molar-refractivity contribution in [1.29, 1.82) is 0 Å². The Labute approximate surface area is 283 Å². The zero-order valence-corrected chi connectivity index (χ0v) is 28.5. The van der Waals surface area contributed by atoms with E-state index in [2.05, 4.69) is 63.8 Å². The zero-order valence-electron chi connectivity index (χ0n) is 28.5. The molecule has 2 fully saturated rings. The topological polar surface area (TPSA) is 99.6 Å². The number of ether oxygens (including phenoxy) is 1. The highest BCUT2D eigenvalue weighted by atomic mass is 19.1. The van der Waals surface area contributed by atoms with Crippen molar-refractivity contribution in [2.24, 2.45) is 0 Å².